The number of benzene rings is 1. The molecule has 7 heteroatoms. The number of aromatic nitrogens is 3. The molecule has 1 saturated carbocycles. The predicted octanol–water partition coefficient (Wildman–Crippen LogP) is 7.62. The lowest BCUT2D eigenvalue weighted by molar-refractivity contribution is 0.00335. The third-order valence-electron chi connectivity index (χ3n) is 6.82. The van der Waals surface area contributed by atoms with E-state index in [1.807, 2.05) is 63.2 Å². The Bertz CT molecular complexity index is 1410. The fraction of sp³-hybridized carbons (Fsp3) is 0.321. The Morgan fingerprint density at radius 1 is 1.00 bits per heavy atom. The SMILES string of the molecule is Cc1nc([C@]2(C)CCC(F)(F)C2)c(Cl)cc1-c1cc(OCc2ccccc2)c2c(C)nccc2n1. The lowest BCUT2D eigenvalue weighted by atomic mass is 9.84. The van der Waals surface area contributed by atoms with Gasteiger partial charge < -0.3 is 4.74 Å². The third-order valence-corrected chi connectivity index (χ3v) is 7.10. The summed E-state index contributed by atoms with van der Waals surface area (Å²) in [5, 5.41) is 1.23. The van der Waals surface area contributed by atoms with Gasteiger partial charge in [0.15, 0.2) is 0 Å². The van der Waals surface area contributed by atoms with Crippen LogP contribution in [0.2, 0.25) is 5.02 Å². The maximum atomic E-state index is 14.0. The van der Waals surface area contributed by atoms with Crippen molar-refractivity contribution in [2.24, 2.45) is 0 Å². The number of hydrogen-bond acceptors (Lipinski definition) is 4. The summed E-state index contributed by atoms with van der Waals surface area (Å²) in [5.74, 6) is -2.02. The predicted molar refractivity (Wildman–Crippen MR) is 134 cm³/mol. The van der Waals surface area contributed by atoms with E-state index in [4.69, 9.17) is 26.3 Å². The average molecular weight is 494 g/mol. The Hall–Kier alpha value is -3.12. The normalized spacial score (nSPS) is 19.3. The number of alkyl halides is 2. The zero-order chi connectivity index (χ0) is 24.8. The molecule has 0 spiro atoms. The Kier molecular flexibility index (Phi) is 5.96. The molecule has 1 atom stereocenters. The first-order chi connectivity index (χ1) is 16.7. The van der Waals surface area contributed by atoms with Crippen molar-refractivity contribution in [3.8, 4) is 17.0 Å². The molecule has 0 saturated heterocycles. The topological polar surface area (TPSA) is 47.9 Å². The average Bonchev–Trinajstić information content (AvgIpc) is 3.12. The van der Waals surface area contributed by atoms with Gasteiger partial charge in [-0.25, -0.2) is 13.8 Å². The van der Waals surface area contributed by atoms with Gasteiger partial charge in [0.25, 0.3) is 0 Å². The number of hydrogen-bond donors (Lipinski definition) is 0. The van der Waals surface area contributed by atoms with Crippen LogP contribution < -0.4 is 4.74 Å². The molecule has 1 aliphatic rings. The van der Waals surface area contributed by atoms with Crippen molar-refractivity contribution in [3.05, 3.63) is 82.4 Å². The number of aryl methyl sites for hydroxylation is 2. The smallest absolute Gasteiger partial charge is 0.249 e. The molecule has 3 aromatic heterocycles. The lowest BCUT2D eigenvalue weighted by Gasteiger charge is -2.25. The maximum absolute atomic E-state index is 14.0. The van der Waals surface area contributed by atoms with Crippen LogP contribution in [0.25, 0.3) is 22.2 Å². The maximum Gasteiger partial charge on any atom is 0.249 e. The molecule has 3 heterocycles. The van der Waals surface area contributed by atoms with E-state index in [0.29, 0.717) is 40.9 Å². The summed E-state index contributed by atoms with van der Waals surface area (Å²) in [6, 6.07) is 15.5. The molecular formula is C28H26ClF2N3O. The molecule has 0 unspecified atom stereocenters. The van der Waals surface area contributed by atoms with Crippen molar-refractivity contribution in [2.45, 2.75) is 58.0 Å². The van der Waals surface area contributed by atoms with Crippen LogP contribution in [0, 0.1) is 13.8 Å². The number of halogens is 3. The first-order valence-corrected chi connectivity index (χ1v) is 12.0. The van der Waals surface area contributed by atoms with Gasteiger partial charge in [0.1, 0.15) is 12.4 Å². The second-order valence-electron chi connectivity index (χ2n) is 9.62. The van der Waals surface area contributed by atoms with E-state index < -0.39 is 11.3 Å². The van der Waals surface area contributed by atoms with Crippen LogP contribution in [0.4, 0.5) is 8.78 Å². The quantitative estimate of drug-likeness (QED) is 0.287. The molecule has 4 nitrogen and oxygen atoms in total. The van der Waals surface area contributed by atoms with Gasteiger partial charge >= 0.3 is 0 Å². The monoisotopic (exact) mass is 493 g/mol. The van der Waals surface area contributed by atoms with E-state index in [0.717, 1.165) is 27.7 Å². The van der Waals surface area contributed by atoms with Crippen molar-refractivity contribution in [2.75, 3.05) is 0 Å². The van der Waals surface area contributed by atoms with Crippen molar-refractivity contribution in [1.29, 1.82) is 0 Å². The highest BCUT2D eigenvalue weighted by molar-refractivity contribution is 6.31. The molecule has 5 rings (SSSR count). The van der Waals surface area contributed by atoms with Gasteiger partial charge in [-0.05, 0) is 38.0 Å². The summed E-state index contributed by atoms with van der Waals surface area (Å²) in [4.78, 5) is 14.0. The highest BCUT2D eigenvalue weighted by Crippen LogP contribution is 2.50. The number of ether oxygens (including phenoxy) is 1. The fourth-order valence-electron chi connectivity index (χ4n) is 4.97. The molecule has 180 valence electrons. The molecule has 4 aromatic rings. The largest absolute Gasteiger partial charge is 0.488 e. The minimum Gasteiger partial charge on any atom is -0.488 e. The van der Waals surface area contributed by atoms with Gasteiger partial charge in [0.2, 0.25) is 5.92 Å². The Labute approximate surface area is 208 Å². The first-order valence-electron chi connectivity index (χ1n) is 11.6. The third kappa shape index (κ3) is 4.59. The summed E-state index contributed by atoms with van der Waals surface area (Å²) >= 11 is 6.66. The number of nitrogens with zero attached hydrogens (tertiary/aromatic N) is 3. The van der Waals surface area contributed by atoms with Gasteiger partial charge in [-0.15, -0.1) is 0 Å². The molecule has 0 amide bonds. The summed E-state index contributed by atoms with van der Waals surface area (Å²) in [6.07, 6.45) is 1.68. The van der Waals surface area contributed by atoms with Crippen molar-refractivity contribution >= 4 is 22.5 Å². The van der Waals surface area contributed by atoms with Crippen LogP contribution in [0.1, 0.15) is 48.8 Å². The summed E-state index contributed by atoms with van der Waals surface area (Å²) in [5.41, 5.74) is 4.48. The van der Waals surface area contributed by atoms with Crippen LogP contribution in [0.5, 0.6) is 5.75 Å². The van der Waals surface area contributed by atoms with Gasteiger partial charge in [-0.1, -0.05) is 48.9 Å². The lowest BCUT2D eigenvalue weighted by Crippen LogP contribution is -2.23. The number of pyridine rings is 3. The molecule has 35 heavy (non-hydrogen) atoms. The summed E-state index contributed by atoms with van der Waals surface area (Å²) in [6.45, 7) is 6.01. The van der Waals surface area contributed by atoms with Gasteiger partial charge in [-0.2, -0.15) is 0 Å². The van der Waals surface area contributed by atoms with Crippen LogP contribution in [0.3, 0.4) is 0 Å². The molecule has 0 bridgehead atoms. The Morgan fingerprint density at radius 3 is 2.49 bits per heavy atom. The molecule has 1 fully saturated rings. The minimum absolute atomic E-state index is 0.149. The molecule has 1 aromatic carbocycles. The van der Waals surface area contributed by atoms with E-state index in [9.17, 15) is 8.78 Å². The minimum atomic E-state index is -2.69. The number of rotatable bonds is 5. The summed E-state index contributed by atoms with van der Waals surface area (Å²) < 4.78 is 34.3. The molecular weight excluding hydrogens is 468 g/mol. The zero-order valence-electron chi connectivity index (χ0n) is 19.9. The van der Waals surface area contributed by atoms with Gasteiger partial charge in [0, 0.05) is 41.8 Å². The molecule has 0 N–H and O–H groups in total. The Morgan fingerprint density at radius 2 is 1.77 bits per heavy atom. The van der Waals surface area contributed by atoms with Crippen molar-refractivity contribution in [1.82, 2.24) is 15.0 Å². The van der Waals surface area contributed by atoms with E-state index >= 15 is 0 Å². The second kappa shape index (κ2) is 8.83. The molecule has 0 radical (unpaired) electrons. The van der Waals surface area contributed by atoms with E-state index in [1.165, 1.54) is 0 Å². The van der Waals surface area contributed by atoms with E-state index in [1.54, 1.807) is 12.3 Å². The highest BCUT2D eigenvalue weighted by Gasteiger charge is 2.49. The number of fused-ring (bicyclic) bond motifs is 1. The van der Waals surface area contributed by atoms with Gasteiger partial charge in [-0.3, -0.25) is 9.97 Å². The van der Waals surface area contributed by atoms with Crippen LogP contribution in [0.15, 0.2) is 54.7 Å². The van der Waals surface area contributed by atoms with Gasteiger partial charge in [0.05, 0.1) is 33.0 Å². The first kappa shape index (κ1) is 23.6. The fourth-order valence-corrected chi connectivity index (χ4v) is 5.35. The van der Waals surface area contributed by atoms with E-state index in [-0.39, 0.29) is 12.8 Å². The van der Waals surface area contributed by atoms with Crippen LogP contribution in [-0.2, 0) is 12.0 Å². The zero-order valence-corrected chi connectivity index (χ0v) is 20.7. The van der Waals surface area contributed by atoms with Crippen LogP contribution in [-0.4, -0.2) is 20.9 Å². The summed E-state index contributed by atoms with van der Waals surface area (Å²) in [7, 11) is 0. The molecule has 1 aliphatic carbocycles. The van der Waals surface area contributed by atoms with E-state index in [2.05, 4.69) is 4.98 Å². The van der Waals surface area contributed by atoms with Crippen LogP contribution >= 0.6 is 11.6 Å². The van der Waals surface area contributed by atoms with Crippen molar-refractivity contribution < 1.29 is 13.5 Å². The van der Waals surface area contributed by atoms with Crippen molar-refractivity contribution in [3.63, 3.8) is 0 Å². The molecule has 0 aliphatic heterocycles. The highest BCUT2D eigenvalue weighted by atomic mass is 35.5. The standard InChI is InChI=1S/C28H26ClF2N3O/c1-17-20(13-21(29)26(33-17)27(3)10-11-28(30,31)16-27)23-14-24(35-15-19-7-5-4-6-8-19)25-18(2)32-12-9-22(25)34-23/h4-9,12-14H,10-11,15-16H2,1-3H3/t27-/m1/s1. The second-order valence-corrected chi connectivity index (χ2v) is 10.0. The Balaban J connectivity index is 1.57.